The summed E-state index contributed by atoms with van der Waals surface area (Å²) >= 11 is 0. The van der Waals surface area contributed by atoms with Gasteiger partial charge in [-0.25, -0.2) is 4.79 Å². The van der Waals surface area contributed by atoms with Crippen LogP contribution in [0.25, 0.3) is 0 Å². The Hall–Kier alpha value is -0.770. The quantitative estimate of drug-likeness (QED) is 0.808. The Bertz CT molecular complexity index is 276. The summed E-state index contributed by atoms with van der Waals surface area (Å²) in [6, 6.07) is 0.914. The predicted molar refractivity (Wildman–Crippen MR) is 68.8 cm³/mol. The van der Waals surface area contributed by atoms with Gasteiger partial charge in [0.15, 0.2) is 0 Å². The first-order valence-corrected chi connectivity index (χ1v) is 6.65. The predicted octanol–water partition coefficient (Wildman–Crippen LogP) is 1.48. The van der Waals surface area contributed by atoms with E-state index in [-0.39, 0.29) is 6.03 Å². The molecule has 1 aliphatic heterocycles. The molecule has 1 atom stereocenters. The van der Waals surface area contributed by atoms with E-state index >= 15 is 0 Å². The molecule has 1 aliphatic carbocycles. The average Bonchev–Trinajstić information content (AvgIpc) is 3.00. The van der Waals surface area contributed by atoms with E-state index < -0.39 is 0 Å². The number of piperazine rings is 1. The van der Waals surface area contributed by atoms with Gasteiger partial charge in [0.05, 0.1) is 0 Å². The minimum atomic E-state index is 0.136. The third kappa shape index (κ3) is 3.60. The Labute approximate surface area is 104 Å². The highest BCUT2D eigenvalue weighted by Gasteiger charge is 2.31. The van der Waals surface area contributed by atoms with Gasteiger partial charge in [0, 0.05) is 38.3 Å². The first-order chi connectivity index (χ1) is 8.06. The third-order valence-electron chi connectivity index (χ3n) is 3.42. The van der Waals surface area contributed by atoms with E-state index in [1.54, 1.807) is 0 Å². The second kappa shape index (κ2) is 5.25. The molecule has 0 spiro atoms. The molecule has 2 aliphatic rings. The van der Waals surface area contributed by atoms with Gasteiger partial charge >= 0.3 is 6.03 Å². The first kappa shape index (κ1) is 12.7. The molecule has 1 saturated heterocycles. The molecule has 1 radical (unpaired) electrons. The number of carbonyl (C=O) groups excluding carboxylic acids is 1. The van der Waals surface area contributed by atoms with Crippen molar-refractivity contribution in [2.24, 2.45) is 0 Å². The number of carbonyl (C=O) groups is 1. The lowest BCUT2D eigenvalue weighted by atomic mass is 10.1. The van der Waals surface area contributed by atoms with Crippen LogP contribution in [0.15, 0.2) is 0 Å². The molecule has 0 aromatic heterocycles. The molecule has 97 valence electrons. The van der Waals surface area contributed by atoms with Crippen LogP contribution in [0.3, 0.4) is 0 Å². The molecule has 1 saturated carbocycles. The lowest BCUT2D eigenvalue weighted by Crippen LogP contribution is -2.57. The SMILES string of the molecule is C[C](C)CN1CCN(C(=O)NC2CC2)[C@H](C)C1. The van der Waals surface area contributed by atoms with Crippen LogP contribution in [0.5, 0.6) is 0 Å². The Kier molecular flexibility index (Phi) is 3.92. The van der Waals surface area contributed by atoms with Gasteiger partial charge in [0.2, 0.25) is 0 Å². The molecule has 17 heavy (non-hydrogen) atoms. The number of nitrogens with one attached hydrogen (secondary N) is 1. The van der Waals surface area contributed by atoms with Gasteiger partial charge in [0.1, 0.15) is 0 Å². The van der Waals surface area contributed by atoms with Gasteiger partial charge in [-0.15, -0.1) is 0 Å². The van der Waals surface area contributed by atoms with Crippen LogP contribution in [0.4, 0.5) is 4.79 Å². The number of nitrogens with zero attached hydrogens (tertiary/aromatic N) is 2. The fraction of sp³-hybridized carbons (Fsp3) is 0.846. The van der Waals surface area contributed by atoms with E-state index in [4.69, 9.17) is 0 Å². The van der Waals surface area contributed by atoms with Gasteiger partial charge in [0.25, 0.3) is 0 Å². The number of amides is 2. The van der Waals surface area contributed by atoms with Crippen LogP contribution in [-0.4, -0.2) is 54.1 Å². The molecule has 4 nitrogen and oxygen atoms in total. The zero-order valence-corrected chi connectivity index (χ0v) is 11.2. The molecule has 0 aromatic rings. The zero-order chi connectivity index (χ0) is 12.4. The highest BCUT2D eigenvalue weighted by Crippen LogP contribution is 2.20. The monoisotopic (exact) mass is 238 g/mol. The summed E-state index contributed by atoms with van der Waals surface area (Å²) in [4.78, 5) is 16.4. The minimum Gasteiger partial charge on any atom is -0.335 e. The van der Waals surface area contributed by atoms with Crippen molar-refractivity contribution in [1.29, 1.82) is 0 Å². The smallest absolute Gasteiger partial charge is 0.317 e. The highest BCUT2D eigenvalue weighted by atomic mass is 16.2. The normalized spacial score (nSPS) is 26.4. The summed E-state index contributed by atoms with van der Waals surface area (Å²) < 4.78 is 0. The van der Waals surface area contributed by atoms with Crippen molar-refractivity contribution in [1.82, 2.24) is 15.1 Å². The van der Waals surface area contributed by atoms with Crippen molar-refractivity contribution in [3.8, 4) is 0 Å². The Balaban J connectivity index is 1.80. The molecule has 0 aromatic carbocycles. The standard InChI is InChI=1S/C13H24N3O/c1-10(2)8-15-6-7-16(11(3)9-15)13(17)14-12-4-5-12/h11-12H,4-9H2,1-3H3,(H,14,17)/t11-/m1/s1. The van der Waals surface area contributed by atoms with E-state index in [2.05, 4.69) is 31.0 Å². The van der Waals surface area contributed by atoms with Crippen LogP contribution in [-0.2, 0) is 0 Å². The third-order valence-corrected chi connectivity index (χ3v) is 3.42. The molecule has 1 N–H and O–H groups in total. The van der Waals surface area contributed by atoms with E-state index in [0.29, 0.717) is 12.1 Å². The Morgan fingerprint density at radius 2 is 2.00 bits per heavy atom. The Morgan fingerprint density at radius 3 is 2.53 bits per heavy atom. The molecule has 0 bridgehead atoms. The van der Waals surface area contributed by atoms with Gasteiger partial charge in [-0.1, -0.05) is 13.8 Å². The van der Waals surface area contributed by atoms with Gasteiger partial charge in [-0.3, -0.25) is 4.90 Å². The van der Waals surface area contributed by atoms with Crippen molar-refractivity contribution >= 4 is 6.03 Å². The van der Waals surface area contributed by atoms with E-state index in [0.717, 1.165) is 39.0 Å². The second-order valence-corrected chi connectivity index (χ2v) is 5.71. The minimum absolute atomic E-state index is 0.136. The maximum Gasteiger partial charge on any atom is 0.317 e. The van der Waals surface area contributed by atoms with Gasteiger partial charge in [-0.05, 0) is 25.7 Å². The maximum absolute atomic E-state index is 12.0. The lowest BCUT2D eigenvalue weighted by molar-refractivity contribution is 0.104. The van der Waals surface area contributed by atoms with E-state index in [1.807, 2.05) is 4.90 Å². The highest BCUT2D eigenvalue weighted by molar-refractivity contribution is 5.75. The molecular formula is C13H24N3O. The summed E-state index contributed by atoms with van der Waals surface area (Å²) in [7, 11) is 0. The van der Waals surface area contributed by atoms with Crippen LogP contribution in [0.1, 0.15) is 33.6 Å². The fourth-order valence-corrected chi connectivity index (χ4v) is 2.41. The number of hydrogen-bond acceptors (Lipinski definition) is 2. The van der Waals surface area contributed by atoms with Crippen molar-refractivity contribution in [2.45, 2.75) is 45.7 Å². The van der Waals surface area contributed by atoms with Gasteiger partial charge in [-0.2, -0.15) is 0 Å². The molecular weight excluding hydrogens is 214 g/mol. The molecule has 1 heterocycles. The maximum atomic E-state index is 12.0. The molecule has 4 heteroatoms. The van der Waals surface area contributed by atoms with E-state index in [1.165, 1.54) is 5.92 Å². The molecule has 2 fully saturated rings. The second-order valence-electron chi connectivity index (χ2n) is 5.71. The van der Waals surface area contributed by atoms with Crippen LogP contribution in [0, 0.1) is 5.92 Å². The largest absolute Gasteiger partial charge is 0.335 e. The van der Waals surface area contributed by atoms with E-state index in [9.17, 15) is 4.79 Å². The summed E-state index contributed by atoms with van der Waals surface area (Å²) in [5, 5.41) is 3.07. The summed E-state index contributed by atoms with van der Waals surface area (Å²) in [5.41, 5.74) is 0. The average molecular weight is 238 g/mol. The summed E-state index contributed by atoms with van der Waals surface area (Å²) in [5.74, 6) is 1.44. The van der Waals surface area contributed by atoms with Crippen molar-refractivity contribution in [2.75, 3.05) is 26.2 Å². The number of rotatable bonds is 3. The zero-order valence-electron chi connectivity index (χ0n) is 11.2. The number of hydrogen-bond donors (Lipinski definition) is 1. The van der Waals surface area contributed by atoms with Crippen LogP contribution < -0.4 is 5.32 Å². The fourth-order valence-electron chi connectivity index (χ4n) is 2.41. The Morgan fingerprint density at radius 1 is 1.29 bits per heavy atom. The van der Waals surface area contributed by atoms with Crippen molar-refractivity contribution < 1.29 is 4.79 Å². The van der Waals surface area contributed by atoms with Crippen molar-refractivity contribution in [3.05, 3.63) is 5.92 Å². The van der Waals surface area contributed by atoms with Crippen LogP contribution >= 0.6 is 0 Å². The number of urea groups is 1. The summed E-state index contributed by atoms with van der Waals surface area (Å²) in [6.07, 6.45) is 2.31. The molecule has 2 rings (SSSR count). The molecule has 2 amide bonds. The van der Waals surface area contributed by atoms with Crippen LogP contribution in [0.2, 0.25) is 0 Å². The van der Waals surface area contributed by atoms with Gasteiger partial charge < -0.3 is 10.2 Å². The lowest BCUT2D eigenvalue weighted by Gasteiger charge is -2.40. The molecule has 0 unspecified atom stereocenters. The first-order valence-electron chi connectivity index (χ1n) is 6.65. The van der Waals surface area contributed by atoms with Crippen molar-refractivity contribution in [3.63, 3.8) is 0 Å². The summed E-state index contributed by atoms with van der Waals surface area (Å²) in [6.45, 7) is 10.4. The topological polar surface area (TPSA) is 35.6 Å².